The number of furan rings is 1. The highest BCUT2D eigenvalue weighted by Gasteiger charge is 2.29. The van der Waals surface area contributed by atoms with Gasteiger partial charge in [0.1, 0.15) is 11.5 Å². The second-order valence-corrected chi connectivity index (χ2v) is 7.28. The minimum absolute atomic E-state index is 0.253. The van der Waals surface area contributed by atoms with Crippen LogP contribution in [0.1, 0.15) is 30.0 Å². The fraction of sp³-hybridized carbons (Fsp3) is 0.125. The Morgan fingerprint density at radius 2 is 1.94 bits per heavy atom. The summed E-state index contributed by atoms with van der Waals surface area (Å²) in [6.07, 6.45) is 1.67. The summed E-state index contributed by atoms with van der Waals surface area (Å²) >= 11 is 6.04. The van der Waals surface area contributed by atoms with Gasteiger partial charge in [0, 0.05) is 10.6 Å². The Morgan fingerprint density at radius 1 is 1.16 bits per heavy atom. The van der Waals surface area contributed by atoms with E-state index in [1.807, 2.05) is 6.07 Å². The van der Waals surface area contributed by atoms with Crippen LogP contribution >= 0.6 is 11.6 Å². The number of carbonyl (C=O) groups excluding carboxylic acids is 2. The number of halogens is 1. The van der Waals surface area contributed by atoms with E-state index in [9.17, 15) is 9.59 Å². The number of esters is 1. The molecular formula is C24H19ClN2O4. The first-order valence-electron chi connectivity index (χ1n) is 9.71. The molecule has 0 atom stereocenters. The van der Waals surface area contributed by atoms with Crippen molar-refractivity contribution in [2.24, 2.45) is 5.10 Å². The largest absolute Gasteiger partial charge is 0.462 e. The average molecular weight is 435 g/mol. The number of carbonyl (C=O) groups is 2. The highest BCUT2D eigenvalue weighted by molar-refractivity contribution is 6.33. The standard InChI is InChI=1S/C24H19ClN2O4/c1-3-30-24(29)17-9-7-16(8-10-17)22-12-11-20(31-22)14-21-15(2)26-27(23(21)28)19-6-4-5-18(25)13-19/h4-14H,3H2,1-2H3/b21-14+. The molecule has 6 nitrogen and oxygen atoms in total. The molecule has 0 aliphatic carbocycles. The minimum atomic E-state index is -0.363. The summed E-state index contributed by atoms with van der Waals surface area (Å²) in [5.41, 5.74) is 2.91. The number of anilines is 1. The van der Waals surface area contributed by atoms with Crippen molar-refractivity contribution in [1.82, 2.24) is 0 Å². The fourth-order valence-corrected chi connectivity index (χ4v) is 3.36. The van der Waals surface area contributed by atoms with Crippen molar-refractivity contribution in [2.75, 3.05) is 11.6 Å². The third-order valence-electron chi connectivity index (χ3n) is 4.71. The van der Waals surface area contributed by atoms with Gasteiger partial charge in [-0.05, 0) is 62.4 Å². The number of rotatable bonds is 5. The van der Waals surface area contributed by atoms with Gasteiger partial charge in [-0.15, -0.1) is 0 Å². The van der Waals surface area contributed by atoms with Gasteiger partial charge in [-0.25, -0.2) is 4.79 Å². The fourth-order valence-electron chi connectivity index (χ4n) is 3.18. The van der Waals surface area contributed by atoms with E-state index in [2.05, 4.69) is 5.10 Å². The summed E-state index contributed by atoms with van der Waals surface area (Å²) in [5, 5.41) is 6.21. The molecule has 1 aliphatic rings. The van der Waals surface area contributed by atoms with E-state index in [0.717, 1.165) is 5.56 Å². The zero-order chi connectivity index (χ0) is 22.0. The van der Waals surface area contributed by atoms with Gasteiger partial charge in [-0.1, -0.05) is 29.8 Å². The summed E-state index contributed by atoms with van der Waals surface area (Å²) < 4.78 is 10.9. The Balaban J connectivity index is 1.55. The van der Waals surface area contributed by atoms with Crippen molar-refractivity contribution in [1.29, 1.82) is 0 Å². The Bertz CT molecular complexity index is 1210. The van der Waals surface area contributed by atoms with Gasteiger partial charge in [0.25, 0.3) is 5.91 Å². The molecule has 2 heterocycles. The van der Waals surface area contributed by atoms with Crippen LogP contribution in [-0.2, 0) is 9.53 Å². The molecular weight excluding hydrogens is 416 g/mol. The molecule has 1 amide bonds. The first-order valence-corrected chi connectivity index (χ1v) is 10.1. The van der Waals surface area contributed by atoms with Gasteiger partial charge in [0.05, 0.1) is 29.1 Å². The van der Waals surface area contributed by atoms with E-state index in [1.165, 1.54) is 5.01 Å². The molecule has 0 fully saturated rings. The predicted molar refractivity (Wildman–Crippen MR) is 120 cm³/mol. The van der Waals surface area contributed by atoms with Gasteiger partial charge in [-0.3, -0.25) is 4.79 Å². The number of nitrogens with zero attached hydrogens (tertiary/aromatic N) is 2. The SMILES string of the molecule is CCOC(=O)c1ccc(-c2ccc(/C=C3/C(=O)N(c4cccc(Cl)c4)N=C3C)o2)cc1. The molecule has 1 aliphatic heterocycles. The van der Waals surface area contributed by atoms with Gasteiger partial charge in [0.15, 0.2) is 0 Å². The highest BCUT2D eigenvalue weighted by Crippen LogP contribution is 2.29. The van der Waals surface area contributed by atoms with Crippen LogP contribution in [0.15, 0.2) is 75.8 Å². The van der Waals surface area contributed by atoms with E-state index in [1.54, 1.807) is 74.5 Å². The molecule has 0 N–H and O–H groups in total. The third kappa shape index (κ3) is 4.29. The number of benzene rings is 2. The maximum atomic E-state index is 12.9. The normalized spacial score (nSPS) is 14.8. The summed E-state index contributed by atoms with van der Waals surface area (Å²) in [6, 6.07) is 17.5. The lowest BCUT2D eigenvalue weighted by Crippen LogP contribution is -2.21. The van der Waals surface area contributed by atoms with Crippen LogP contribution in [-0.4, -0.2) is 24.2 Å². The molecule has 1 aromatic heterocycles. The number of hydrazone groups is 1. The van der Waals surface area contributed by atoms with Gasteiger partial charge in [-0.2, -0.15) is 10.1 Å². The molecule has 2 aromatic carbocycles. The molecule has 4 rings (SSSR count). The van der Waals surface area contributed by atoms with Crippen LogP contribution in [0, 0.1) is 0 Å². The van der Waals surface area contributed by atoms with Crippen molar-refractivity contribution in [2.45, 2.75) is 13.8 Å². The van der Waals surface area contributed by atoms with Crippen LogP contribution in [0.2, 0.25) is 5.02 Å². The molecule has 3 aromatic rings. The van der Waals surface area contributed by atoms with E-state index < -0.39 is 0 Å². The maximum Gasteiger partial charge on any atom is 0.338 e. The molecule has 0 saturated heterocycles. The van der Waals surface area contributed by atoms with Gasteiger partial charge >= 0.3 is 5.97 Å². The van der Waals surface area contributed by atoms with Crippen molar-refractivity contribution in [3.05, 3.63) is 82.6 Å². The van der Waals surface area contributed by atoms with E-state index in [4.69, 9.17) is 20.8 Å². The third-order valence-corrected chi connectivity index (χ3v) is 4.94. The molecule has 0 radical (unpaired) electrons. The molecule has 7 heteroatoms. The molecule has 0 bridgehead atoms. The molecule has 31 heavy (non-hydrogen) atoms. The quantitative estimate of drug-likeness (QED) is 0.388. The lowest BCUT2D eigenvalue weighted by atomic mass is 10.1. The van der Waals surface area contributed by atoms with Crippen LogP contribution in [0.4, 0.5) is 5.69 Å². The second-order valence-electron chi connectivity index (χ2n) is 6.84. The lowest BCUT2D eigenvalue weighted by Gasteiger charge is -2.11. The van der Waals surface area contributed by atoms with Crippen LogP contribution in [0.25, 0.3) is 17.4 Å². The maximum absolute atomic E-state index is 12.9. The zero-order valence-electron chi connectivity index (χ0n) is 17.0. The van der Waals surface area contributed by atoms with Crippen LogP contribution in [0.3, 0.4) is 0 Å². The van der Waals surface area contributed by atoms with Crippen molar-refractivity contribution in [3.63, 3.8) is 0 Å². The number of hydrogen-bond donors (Lipinski definition) is 0. The molecule has 156 valence electrons. The number of ether oxygens (including phenoxy) is 1. The topological polar surface area (TPSA) is 72.1 Å². The highest BCUT2D eigenvalue weighted by atomic mass is 35.5. The molecule has 0 spiro atoms. The molecule has 0 unspecified atom stereocenters. The Kier molecular flexibility index (Phi) is 5.73. The lowest BCUT2D eigenvalue weighted by molar-refractivity contribution is -0.114. The first kappa shape index (κ1) is 20.6. The second kappa shape index (κ2) is 8.62. The van der Waals surface area contributed by atoms with Crippen molar-refractivity contribution >= 4 is 41.0 Å². The summed E-state index contributed by atoms with van der Waals surface area (Å²) in [6.45, 7) is 3.86. The predicted octanol–water partition coefficient (Wildman–Crippen LogP) is 5.58. The van der Waals surface area contributed by atoms with Crippen LogP contribution < -0.4 is 5.01 Å². The number of hydrogen-bond acceptors (Lipinski definition) is 5. The first-order chi connectivity index (χ1) is 15.0. The summed E-state index contributed by atoms with van der Waals surface area (Å²) in [5.74, 6) is 0.526. The van der Waals surface area contributed by atoms with Crippen molar-refractivity contribution < 1.29 is 18.7 Å². The summed E-state index contributed by atoms with van der Waals surface area (Å²) in [7, 11) is 0. The smallest absolute Gasteiger partial charge is 0.338 e. The van der Waals surface area contributed by atoms with E-state index in [0.29, 0.717) is 45.7 Å². The van der Waals surface area contributed by atoms with Crippen LogP contribution in [0.5, 0.6) is 0 Å². The zero-order valence-corrected chi connectivity index (χ0v) is 17.7. The van der Waals surface area contributed by atoms with E-state index in [-0.39, 0.29) is 11.9 Å². The molecule has 0 saturated carbocycles. The Morgan fingerprint density at radius 3 is 2.65 bits per heavy atom. The van der Waals surface area contributed by atoms with Crippen molar-refractivity contribution in [3.8, 4) is 11.3 Å². The minimum Gasteiger partial charge on any atom is -0.462 e. The monoisotopic (exact) mass is 434 g/mol. The Hall–Kier alpha value is -3.64. The summed E-state index contributed by atoms with van der Waals surface area (Å²) in [4.78, 5) is 24.7. The average Bonchev–Trinajstić information content (AvgIpc) is 3.34. The van der Waals surface area contributed by atoms with E-state index >= 15 is 0 Å². The van der Waals surface area contributed by atoms with Gasteiger partial charge < -0.3 is 9.15 Å². The Labute approximate surface area is 184 Å². The van der Waals surface area contributed by atoms with Gasteiger partial charge in [0.2, 0.25) is 0 Å². The number of amides is 1.